The summed E-state index contributed by atoms with van der Waals surface area (Å²) < 4.78 is 10.9. The van der Waals surface area contributed by atoms with Crippen molar-refractivity contribution in [3.8, 4) is 17.1 Å². The SMILES string of the molecule is Cc1cccc(-c2noc(CN(C(=O)COc3ccccc3Cl)C(C)C)n2)c1. The molecule has 0 aliphatic heterocycles. The molecule has 1 amide bonds. The summed E-state index contributed by atoms with van der Waals surface area (Å²) in [4.78, 5) is 18.7. The van der Waals surface area contributed by atoms with E-state index < -0.39 is 0 Å². The highest BCUT2D eigenvalue weighted by atomic mass is 35.5. The fourth-order valence-electron chi connectivity index (χ4n) is 2.71. The molecule has 2 aromatic carbocycles. The van der Waals surface area contributed by atoms with E-state index in [1.54, 1.807) is 29.2 Å². The summed E-state index contributed by atoms with van der Waals surface area (Å²) in [6.45, 7) is 5.93. The van der Waals surface area contributed by atoms with Gasteiger partial charge >= 0.3 is 0 Å². The molecule has 1 aromatic heterocycles. The van der Waals surface area contributed by atoms with Gasteiger partial charge in [0.05, 0.1) is 5.02 Å². The van der Waals surface area contributed by atoms with Crippen LogP contribution >= 0.6 is 11.6 Å². The minimum absolute atomic E-state index is 0.0586. The van der Waals surface area contributed by atoms with Crippen molar-refractivity contribution < 1.29 is 14.1 Å². The second kappa shape index (κ2) is 8.89. The maximum absolute atomic E-state index is 12.7. The van der Waals surface area contributed by atoms with E-state index in [2.05, 4.69) is 10.1 Å². The van der Waals surface area contributed by atoms with E-state index in [0.29, 0.717) is 22.5 Å². The lowest BCUT2D eigenvalue weighted by Crippen LogP contribution is -2.39. The highest BCUT2D eigenvalue weighted by Crippen LogP contribution is 2.23. The maximum atomic E-state index is 12.7. The first-order valence-electron chi connectivity index (χ1n) is 9.00. The van der Waals surface area contributed by atoms with Crippen LogP contribution in [-0.2, 0) is 11.3 Å². The normalized spacial score (nSPS) is 10.9. The summed E-state index contributed by atoms with van der Waals surface area (Å²) in [6.07, 6.45) is 0. The largest absolute Gasteiger partial charge is 0.482 e. The zero-order valence-electron chi connectivity index (χ0n) is 16.1. The number of hydrogen-bond acceptors (Lipinski definition) is 5. The molecule has 3 rings (SSSR count). The van der Waals surface area contributed by atoms with Crippen LogP contribution in [0.15, 0.2) is 53.1 Å². The van der Waals surface area contributed by atoms with Crippen LogP contribution in [0.5, 0.6) is 5.75 Å². The standard InChI is InChI=1S/C21H22ClN3O3/c1-14(2)25(20(26)13-27-18-10-5-4-9-17(18)22)12-19-23-21(24-28-19)16-8-6-7-15(3)11-16/h4-11,14H,12-13H2,1-3H3. The molecular weight excluding hydrogens is 378 g/mol. The highest BCUT2D eigenvalue weighted by molar-refractivity contribution is 6.32. The number of hydrogen-bond donors (Lipinski definition) is 0. The van der Waals surface area contributed by atoms with E-state index in [1.165, 1.54) is 0 Å². The molecule has 3 aromatic rings. The monoisotopic (exact) mass is 399 g/mol. The number of rotatable bonds is 7. The minimum atomic E-state index is -0.190. The van der Waals surface area contributed by atoms with Crippen LogP contribution in [0.3, 0.4) is 0 Å². The van der Waals surface area contributed by atoms with E-state index in [0.717, 1.165) is 11.1 Å². The molecule has 0 aliphatic carbocycles. The van der Waals surface area contributed by atoms with Crippen molar-refractivity contribution in [3.63, 3.8) is 0 Å². The molecule has 0 aliphatic rings. The number of para-hydroxylation sites is 1. The van der Waals surface area contributed by atoms with Crippen LogP contribution in [-0.4, -0.2) is 33.6 Å². The molecule has 28 heavy (non-hydrogen) atoms. The Morgan fingerprint density at radius 3 is 2.71 bits per heavy atom. The van der Waals surface area contributed by atoms with Crippen molar-refractivity contribution in [2.24, 2.45) is 0 Å². The van der Waals surface area contributed by atoms with Crippen LogP contribution in [0.4, 0.5) is 0 Å². The number of aryl methyl sites for hydroxylation is 1. The molecule has 1 heterocycles. The Hall–Kier alpha value is -2.86. The third-order valence-corrected chi connectivity index (χ3v) is 4.49. The second-order valence-electron chi connectivity index (χ2n) is 6.72. The van der Waals surface area contributed by atoms with Crippen LogP contribution < -0.4 is 4.74 Å². The Morgan fingerprint density at radius 2 is 2.00 bits per heavy atom. The molecule has 0 unspecified atom stereocenters. The molecule has 0 N–H and O–H groups in total. The fraction of sp³-hybridized carbons (Fsp3) is 0.286. The van der Waals surface area contributed by atoms with Crippen molar-refractivity contribution in [3.05, 3.63) is 65.0 Å². The van der Waals surface area contributed by atoms with E-state index in [4.69, 9.17) is 20.9 Å². The lowest BCUT2D eigenvalue weighted by atomic mass is 10.1. The Labute approximate surface area is 169 Å². The van der Waals surface area contributed by atoms with E-state index in [-0.39, 0.29) is 25.1 Å². The van der Waals surface area contributed by atoms with E-state index >= 15 is 0 Å². The summed E-state index contributed by atoms with van der Waals surface area (Å²) in [6, 6.07) is 14.8. The summed E-state index contributed by atoms with van der Waals surface area (Å²) in [5.74, 6) is 1.16. The van der Waals surface area contributed by atoms with Gasteiger partial charge in [-0.25, -0.2) is 0 Å². The third kappa shape index (κ3) is 4.89. The average molecular weight is 400 g/mol. The number of ether oxygens (including phenoxy) is 1. The van der Waals surface area contributed by atoms with E-state index in [1.807, 2.05) is 45.0 Å². The molecule has 0 spiro atoms. The second-order valence-corrected chi connectivity index (χ2v) is 7.12. The molecule has 7 heteroatoms. The highest BCUT2D eigenvalue weighted by Gasteiger charge is 2.21. The van der Waals surface area contributed by atoms with Crippen LogP contribution in [0.25, 0.3) is 11.4 Å². The van der Waals surface area contributed by atoms with Crippen molar-refractivity contribution in [1.82, 2.24) is 15.0 Å². The minimum Gasteiger partial charge on any atom is -0.482 e. The predicted octanol–water partition coefficient (Wildman–Crippen LogP) is 4.51. The van der Waals surface area contributed by atoms with Gasteiger partial charge in [0.25, 0.3) is 5.91 Å². The van der Waals surface area contributed by atoms with Gasteiger partial charge in [-0.2, -0.15) is 4.98 Å². The number of benzene rings is 2. The third-order valence-electron chi connectivity index (χ3n) is 4.18. The quantitative estimate of drug-likeness (QED) is 0.584. The lowest BCUT2D eigenvalue weighted by Gasteiger charge is -2.25. The molecule has 146 valence electrons. The van der Waals surface area contributed by atoms with Gasteiger partial charge in [0, 0.05) is 11.6 Å². The van der Waals surface area contributed by atoms with Crippen molar-refractivity contribution in [1.29, 1.82) is 0 Å². The Morgan fingerprint density at radius 1 is 1.21 bits per heavy atom. The van der Waals surface area contributed by atoms with Gasteiger partial charge in [0.1, 0.15) is 12.3 Å². The van der Waals surface area contributed by atoms with Crippen molar-refractivity contribution >= 4 is 17.5 Å². The molecule has 0 fully saturated rings. The Kier molecular flexibility index (Phi) is 6.31. The molecule has 0 saturated heterocycles. The maximum Gasteiger partial charge on any atom is 0.261 e. The van der Waals surface area contributed by atoms with Gasteiger partial charge in [-0.1, -0.05) is 52.7 Å². The number of amides is 1. The molecule has 0 atom stereocenters. The number of nitrogens with zero attached hydrogens (tertiary/aromatic N) is 3. The summed E-state index contributed by atoms with van der Waals surface area (Å²) in [5.41, 5.74) is 1.99. The lowest BCUT2D eigenvalue weighted by molar-refractivity contribution is -0.136. The number of carbonyl (C=O) groups is 1. The first kappa shape index (κ1) is 19.9. The number of halogens is 1. The first-order chi connectivity index (χ1) is 13.4. The van der Waals surface area contributed by atoms with Gasteiger partial charge in [0.15, 0.2) is 6.61 Å². The molecule has 0 bridgehead atoms. The fourth-order valence-corrected chi connectivity index (χ4v) is 2.90. The van der Waals surface area contributed by atoms with Crippen molar-refractivity contribution in [2.75, 3.05) is 6.61 Å². The first-order valence-corrected chi connectivity index (χ1v) is 9.38. The zero-order valence-corrected chi connectivity index (χ0v) is 16.8. The van der Waals surface area contributed by atoms with Crippen LogP contribution in [0, 0.1) is 6.92 Å². The zero-order chi connectivity index (χ0) is 20.1. The van der Waals surface area contributed by atoms with Crippen LogP contribution in [0.2, 0.25) is 5.02 Å². The van der Waals surface area contributed by atoms with Crippen molar-refractivity contribution in [2.45, 2.75) is 33.4 Å². The Bertz CT molecular complexity index is 955. The summed E-state index contributed by atoms with van der Waals surface area (Å²) in [7, 11) is 0. The van der Waals surface area contributed by atoms with Gasteiger partial charge < -0.3 is 14.2 Å². The van der Waals surface area contributed by atoms with Gasteiger partial charge in [0.2, 0.25) is 11.7 Å². The molecular formula is C21H22ClN3O3. The smallest absolute Gasteiger partial charge is 0.261 e. The van der Waals surface area contributed by atoms with Gasteiger partial charge in [-0.15, -0.1) is 0 Å². The Balaban J connectivity index is 1.68. The number of carbonyl (C=O) groups excluding carboxylic acids is 1. The van der Waals surface area contributed by atoms with Crippen LogP contribution in [0.1, 0.15) is 25.3 Å². The van der Waals surface area contributed by atoms with E-state index in [9.17, 15) is 4.79 Å². The summed E-state index contributed by atoms with van der Waals surface area (Å²) in [5, 5.41) is 4.50. The predicted molar refractivity (Wildman–Crippen MR) is 107 cm³/mol. The molecule has 6 nitrogen and oxygen atoms in total. The molecule has 0 radical (unpaired) electrons. The average Bonchev–Trinajstić information content (AvgIpc) is 3.14. The molecule has 0 saturated carbocycles. The number of aromatic nitrogens is 2. The van der Waals surface area contributed by atoms with Gasteiger partial charge in [-0.05, 0) is 39.0 Å². The van der Waals surface area contributed by atoms with Gasteiger partial charge in [-0.3, -0.25) is 4.79 Å². The summed E-state index contributed by atoms with van der Waals surface area (Å²) >= 11 is 6.07. The topological polar surface area (TPSA) is 68.5 Å².